The average molecular weight is 343 g/mol. The van der Waals surface area contributed by atoms with Crippen LogP contribution in [0.15, 0.2) is 24.3 Å². The van der Waals surface area contributed by atoms with Crippen LogP contribution >= 0.6 is 11.6 Å². The monoisotopic (exact) mass is 342 g/mol. The number of hydrogen-bond acceptors (Lipinski definition) is 4. The van der Waals surface area contributed by atoms with Crippen molar-refractivity contribution in [3.63, 3.8) is 0 Å². The third-order valence-corrected chi connectivity index (χ3v) is 4.46. The van der Waals surface area contributed by atoms with Crippen LogP contribution in [0.25, 0.3) is 0 Å². The second-order valence-electron chi connectivity index (χ2n) is 5.88. The first-order valence-electron chi connectivity index (χ1n) is 7.50. The molecule has 1 aromatic rings. The first-order chi connectivity index (χ1) is 10.8. The quantitative estimate of drug-likeness (QED) is 0.740. The van der Waals surface area contributed by atoms with Gasteiger partial charge in [0.25, 0.3) is 0 Å². The van der Waals surface area contributed by atoms with Gasteiger partial charge in [-0.25, -0.2) is 9.18 Å². The highest BCUT2D eigenvalue weighted by Gasteiger charge is 2.58. The number of benzene rings is 1. The summed E-state index contributed by atoms with van der Waals surface area (Å²) in [7, 11) is 1.13. The Kier molecular flexibility index (Phi) is 5.30. The summed E-state index contributed by atoms with van der Waals surface area (Å²) in [5.74, 6) is -2.42. The van der Waals surface area contributed by atoms with Crippen molar-refractivity contribution >= 4 is 23.5 Å². The molecular formula is C17H20ClFO4. The van der Waals surface area contributed by atoms with Crippen molar-refractivity contribution < 1.29 is 23.5 Å². The zero-order valence-electron chi connectivity index (χ0n) is 13.3. The van der Waals surface area contributed by atoms with Crippen LogP contribution in [0.4, 0.5) is 4.39 Å². The summed E-state index contributed by atoms with van der Waals surface area (Å²) in [6.07, 6.45) is 0.361. The third kappa shape index (κ3) is 3.66. The largest absolute Gasteiger partial charge is 0.467 e. The summed E-state index contributed by atoms with van der Waals surface area (Å²) in [5.41, 5.74) is -1.81. The van der Waals surface area contributed by atoms with Gasteiger partial charge in [-0.3, -0.25) is 4.79 Å². The molecule has 0 N–H and O–H groups in total. The molecule has 23 heavy (non-hydrogen) atoms. The van der Waals surface area contributed by atoms with Gasteiger partial charge in [0.1, 0.15) is 6.10 Å². The Bertz CT molecular complexity index is 585. The zero-order chi connectivity index (χ0) is 17.2. The second-order valence-corrected chi connectivity index (χ2v) is 6.31. The van der Waals surface area contributed by atoms with Gasteiger partial charge in [0.15, 0.2) is 0 Å². The minimum atomic E-state index is -2.45. The smallest absolute Gasteiger partial charge is 0.348 e. The lowest BCUT2D eigenvalue weighted by Crippen LogP contribution is -2.52. The topological polar surface area (TPSA) is 52.6 Å². The lowest BCUT2D eigenvalue weighted by Gasteiger charge is -2.35. The Morgan fingerprint density at radius 2 is 1.87 bits per heavy atom. The highest BCUT2D eigenvalue weighted by atomic mass is 35.5. The maximum atomic E-state index is 15.9. The van der Waals surface area contributed by atoms with Crippen LogP contribution in [0.2, 0.25) is 5.02 Å². The van der Waals surface area contributed by atoms with E-state index in [0.29, 0.717) is 10.6 Å². The average Bonchev–Trinajstić information content (AvgIpc) is 3.32. The van der Waals surface area contributed by atoms with E-state index >= 15 is 4.39 Å². The number of alkyl halides is 1. The van der Waals surface area contributed by atoms with Gasteiger partial charge in [-0.15, -0.1) is 0 Å². The molecule has 3 unspecified atom stereocenters. The minimum Gasteiger partial charge on any atom is -0.467 e. The van der Waals surface area contributed by atoms with Crippen LogP contribution in [0.5, 0.6) is 0 Å². The number of ether oxygens (including phenoxy) is 2. The van der Waals surface area contributed by atoms with E-state index in [1.165, 1.54) is 13.8 Å². The third-order valence-electron chi connectivity index (χ3n) is 4.21. The number of methoxy groups -OCH3 is 1. The SMILES string of the molecule is COC(=O)C(F)(C(C)OC(C)=O)C(c1ccc(Cl)cc1)C1CC1. The molecule has 0 spiro atoms. The predicted octanol–water partition coefficient (Wildman–Crippen LogP) is 3.67. The fourth-order valence-corrected chi connectivity index (χ4v) is 3.12. The van der Waals surface area contributed by atoms with E-state index in [0.717, 1.165) is 20.0 Å². The van der Waals surface area contributed by atoms with Crippen molar-refractivity contribution in [2.75, 3.05) is 7.11 Å². The highest BCUT2D eigenvalue weighted by molar-refractivity contribution is 6.30. The maximum absolute atomic E-state index is 15.9. The van der Waals surface area contributed by atoms with E-state index in [1.807, 2.05) is 0 Å². The molecule has 6 heteroatoms. The molecule has 0 saturated heterocycles. The van der Waals surface area contributed by atoms with E-state index in [2.05, 4.69) is 0 Å². The molecule has 1 saturated carbocycles. The van der Waals surface area contributed by atoms with Crippen LogP contribution in [0.1, 0.15) is 38.2 Å². The van der Waals surface area contributed by atoms with Crippen molar-refractivity contribution in [2.24, 2.45) is 5.92 Å². The Hall–Kier alpha value is -1.62. The molecule has 0 aromatic heterocycles. The van der Waals surface area contributed by atoms with E-state index in [4.69, 9.17) is 21.1 Å². The van der Waals surface area contributed by atoms with Crippen molar-refractivity contribution in [3.8, 4) is 0 Å². The summed E-state index contributed by atoms with van der Waals surface area (Å²) < 4.78 is 25.6. The molecule has 1 aliphatic rings. The Morgan fingerprint density at radius 1 is 1.30 bits per heavy atom. The fraction of sp³-hybridized carbons (Fsp3) is 0.529. The molecule has 0 aliphatic heterocycles. The minimum absolute atomic E-state index is 0.00159. The number of halogens is 2. The lowest BCUT2D eigenvalue weighted by molar-refractivity contribution is -0.175. The summed E-state index contributed by atoms with van der Waals surface area (Å²) >= 11 is 5.89. The second kappa shape index (κ2) is 6.87. The van der Waals surface area contributed by atoms with E-state index < -0.39 is 29.6 Å². The Labute approximate surface area is 139 Å². The van der Waals surface area contributed by atoms with Crippen molar-refractivity contribution in [3.05, 3.63) is 34.9 Å². The number of rotatable bonds is 6. The van der Waals surface area contributed by atoms with Gasteiger partial charge in [0.2, 0.25) is 5.67 Å². The molecule has 1 aliphatic carbocycles. The standard InChI is InChI=1S/C17H20ClFO4/c1-10(23-11(2)20)17(19,16(21)22-3)15(12-4-5-12)13-6-8-14(18)9-7-13/h6-10,12,15H,4-5H2,1-3H3. The van der Waals surface area contributed by atoms with Crippen molar-refractivity contribution in [1.82, 2.24) is 0 Å². The molecule has 1 aromatic carbocycles. The number of carbonyl (C=O) groups excluding carboxylic acids is 2. The summed E-state index contributed by atoms with van der Waals surface area (Å²) in [5, 5.41) is 0.527. The lowest BCUT2D eigenvalue weighted by atomic mass is 9.77. The van der Waals surface area contributed by atoms with Crippen LogP contribution in [0.3, 0.4) is 0 Å². The van der Waals surface area contributed by atoms with Crippen LogP contribution in [0, 0.1) is 5.92 Å². The molecule has 126 valence electrons. The predicted molar refractivity (Wildman–Crippen MR) is 84.0 cm³/mol. The molecule has 3 atom stereocenters. The molecule has 0 bridgehead atoms. The van der Waals surface area contributed by atoms with Gasteiger partial charge >= 0.3 is 11.9 Å². The normalized spacial score (nSPS) is 19.3. The van der Waals surface area contributed by atoms with Gasteiger partial charge in [-0.05, 0) is 43.4 Å². The molecule has 0 radical (unpaired) electrons. The van der Waals surface area contributed by atoms with Crippen molar-refractivity contribution in [1.29, 1.82) is 0 Å². The van der Waals surface area contributed by atoms with E-state index in [9.17, 15) is 9.59 Å². The van der Waals surface area contributed by atoms with E-state index in [-0.39, 0.29) is 5.92 Å². The van der Waals surface area contributed by atoms with Crippen LogP contribution in [-0.2, 0) is 19.1 Å². The fourth-order valence-electron chi connectivity index (χ4n) is 2.99. The van der Waals surface area contributed by atoms with Gasteiger partial charge in [-0.2, -0.15) is 0 Å². The Morgan fingerprint density at radius 3 is 2.30 bits per heavy atom. The van der Waals surface area contributed by atoms with Gasteiger partial charge in [0, 0.05) is 17.9 Å². The molecule has 1 fully saturated rings. The van der Waals surface area contributed by atoms with Crippen LogP contribution < -0.4 is 0 Å². The highest BCUT2D eigenvalue weighted by Crippen LogP contribution is 2.52. The van der Waals surface area contributed by atoms with Crippen LogP contribution in [-0.4, -0.2) is 30.8 Å². The molecule has 0 amide bonds. The van der Waals surface area contributed by atoms with Gasteiger partial charge < -0.3 is 9.47 Å². The van der Waals surface area contributed by atoms with Crippen molar-refractivity contribution in [2.45, 2.75) is 44.4 Å². The summed E-state index contributed by atoms with van der Waals surface area (Å²) in [4.78, 5) is 23.5. The molecule has 2 rings (SSSR count). The first-order valence-corrected chi connectivity index (χ1v) is 7.88. The van der Waals surface area contributed by atoms with Gasteiger partial charge in [-0.1, -0.05) is 23.7 Å². The first kappa shape index (κ1) is 17.7. The molecule has 4 nitrogen and oxygen atoms in total. The number of hydrogen-bond donors (Lipinski definition) is 0. The van der Waals surface area contributed by atoms with E-state index in [1.54, 1.807) is 24.3 Å². The summed E-state index contributed by atoms with van der Waals surface area (Å²) in [6, 6.07) is 6.70. The Balaban J connectivity index is 2.46. The number of esters is 2. The maximum Gasteiger partial charge on any atom is 0.348 e. The number of carbonyl (C=O) groups is 2. The molecule has 0 heterocycles. The molecular weight excluding hydrogens is 323 g/mol. The zero-order valence-corrected chi connectivity index (χ0v) is 14.1. The van der Waals surface area contributed by atoms with Gasteiger partial charge in [0.05, 0.1) is 7.11 Å². The summed E-state index contributed by atoms with van der Waals surface area (Å²) in [6.45, 7) is 2.56.